The van der Waals surface area contributed by atoms with Crippen molar-refractivity contribution < 1.29 is 24.2 Å². The molecule has 112 valence electrons. The van der Waals surface area contributed by atoms with Crippen LogP contribution >= 0.6 is 11.6 Å². The summed E-state index contributed by atoms with van der Waals surface area (Å²) in [5.41, 5.74) is 0.209. The lowest BCUT2D eigenvalue weighted by atomic mass is 10.1. The Labute approximate surface area is 126 Å². The minimum Gasteiger partial charge on any atom is -0.478 e. The maximum atomic E-state index is 12.0. The van der Waals surface area contributed by atoms with Crippen LogP contribution in [0.4, 0.5) is 5.69 Å². The number of methoxy groups -OCH3 is 1. The number of ether oxygens (including phenoxy) is 1. The van der Waals surface area contributed by atoms with Gasteiger partial charge in [0.05, 0.1) is 18.4 Å². The van der Waals surface area contributed by atoms with Crippen LogP contribution in [-0.4, -0.2) is 30.1 Å². The third-order valence-electron chi connectivity index (χ3n) is 2.86. The molecule has 0 aromatic heterocycles. The standard InChI is InChI=1S/C14H14ClNO5/c1-7(8(2)13(18)19)12(17)16-11-6-9(15)4-5-10(11)14(20)21-3/h4-6H,1-3H3,(H,16,17)(H,18,19). The molecule has 0 radical (unpaired) electrons. The van der Waals surface area contributed by atoms with Crippen LogP contribution in [0.25, 0.3) is 0 Å². The van der Waals surface area contributed by atoms with E-state index in [1.165, 1.54) is 39.2 Å². The smallest absolute Gasteiger partial charge is 0.339 e. The van der Waals surface area contributed by atoms with E-state index in [0.29, 0.717) is 5.02 Å². The molecule has 0 saturated heterocycles. The zero-order chi connectivity index (χ0) is 16.2. The van der Waals surface area contributed by atoms with Crippen molar-refractivity contribution in [1.29, 1.82) is 0 Å². The first-order valence-corrected chi connectivity index (χ1v) is 6.25. The fourth-order valence-corrected chi connectivity index (χ4v) is 1.63. The average molecular weight is 312 g/mol. The molecule has 0 spiro atoms. The number of nitrogens with one attached hydrogen (secondary N) is 1. The number of esters is 1. The molecule has 0 bridgehead atoms. The molecule has 2 N–H and O–H groups in total. The predicted molar refractivity (Wildman–Crippen MR) is 77.4 cm³/mol. The third-order valence-corrected chi connectivity index (χ3v) is 3.09. The number of carboxylic acid groups (broad SMARTS) is 1. The molecule has 0 fully saturated rings. The number of amides is 1. The van der Waals surface area contributed by atoms with Crippen molar-refractivity contribution in [3.05, 3.63) is 39.9 Å². The largest absolute Gasteiger partial charge is 0.478 e. The molecule has 7 heteroatoms. The Hall–Kier alpha value is -2.34. The molecule has 0 atom stereocenters. The van der Waals surface area contributed by atoms with Crippen LogP contribution in [0.3, 0.4) is 0 Å². The Kier molecular flexibility index (Phi) is 5.49. The van der Waals surface area contributed by atoms with Gasteiger partial charge in [-0.25, -0.2) is 9.59 Å². The summed E-state index contributed by atoms with van der Waals surface area (Å²) in [6, 6.07) is 4.27. The van der Waals surface area contributed by atoms with E-state index >= 15 is 0 Å². The molecule has 6 nitrogen and oxygen atoms in total. The molecule has 0 heterocycles. The summed E-state index contributed by atoms with van der Waals surface area (Å²) < 4.78 is 4.61. The van der Waals surface area contributed by atoms with Crippen molar-refractivity contribution >= 4 is 35.1 Å². The zero-order valence-corrected chi connectivity index (χ0v) is 12.4. The molecule has 1 amide bonds. The van der Waals surface area contributed by atoms with Gasteiger partial charge in [-0.3, -0.25) is 4.79 Å². The van der Waals surface area contributed by atoms with Crippen LogP contribution < -0.4 is 5.32 Å². The lowest BCUT2D eigenvalue weighted by Gasteiger charge is -2.11. The molecule has 0 aliphatic rings. The van der Waals surface area contributed by atoms with Gasteiger partial charge in [-0.05, 0) is 32.0 Å². The van der Waals surface area contributed by atoms with Crippen molar-refractivity contribution in [2.45, 2.75) is 13.8 Å². The summed E-state index contributed by atoms with van der Waals surface area (Å²) in [6.07, 6.45) is 0. The minimum absolute atomic E-state index is 0.0262. The second-order valence-electron chi connectivity index (χ2n) is 4.19. The summed E-state index contributed by atoms with van der Waals surface area (Å²) in [6.45, 7) is 2.69. The quantitative estimate of drug-likeness (QED) is 0.658. The molecule has 1 aromatic rings. The normalized spacial score (nSPS) is 11.4. The Balaban J connectivity index is 3.16. The molecule has 0 aliphatic heterocycles. The van der Waals surface area contributed by atoms with E-state index < -0.39 is 17.8 Å². The number of carbonyl (C=O) groups is 3. The fraction of sp³-hybridized carbons (Fsp3) is 0.214. The highest BCUT2D eigenvalue weighted by atomic mass is 35.5. The molecule has 0 unspecified atom stereocenters. The van der Waals surface area contributed by atoms with Gasteiger partial charge in [0.1, 0.15) is 0 Å². The number of carbonyl (C=O) groups excluding carboxylic acids is 2. The number of anilines is 1. The Morgan fingerprint density at radius 2 is 1.81 bits per heavy atom. The fourth-order valence-electron chi connectivity index (χ4n) is 1.45. The Bertz CT molecular complexity index is 636. The number of aliphatic carboxylic acids is 1. The van der Waals surface area contributed by atoms with Gasteiger partial charge in [-0.2, -0.15) is 0 Å². The van der Waals surface area contributed by atoms with E-state index in [9.17, 15) is 14.4 Å². The molecule has 1 rings (SSSR count). The van der Waals surface area contributed by atoms with E-state index in [0.717, 1.165) is 0 Å². The summed E-state index contributed by atoms with van der Waals surface area (Å²) in [5.74, 6) is -2.47. The first kappa shape index (κ1) is 16.7. The van der Waals surface area contributed by atoms with Gasteiger partial charge in [-0.1, -0.05) is 11.6 Å². The zero-order valence-electron chi connectivity index (χ0n) is 11.7. The third kappa shape index (κ3) is 4.06. The number of hydrogen-bond acceptors (Lipinski definition) is 4. The van der Waals surface area contributed by atoms with Crippen LogP contribution in [0.5, 0.6) is 0 Å². The Morgan fingerprint density at radius 3 is 2.33 bits per heavy atom. The van der Waals surface area contributed by atoms with Gasteiger partial charge < -0.3 is 15.2 Å². The van der Waals surface area contributed by atoms with E-state index in [1.807, 2.05) is 0 Å². The van der Waals surface area contributed by atoms with Gasteiger partial charge in [-0.15, -0.1) is 0 Å². The van der Waals surface area contributed by atoms with Gasteiger partial charge >= 0.3 is 11.9 Å². The van der Waals surface area contributed by atoms with Gasteiger partial charge in [0.25, 0.3) is 5.91 Å². The summed E-state index contributed by atoms with van der Waals surface area (Å²) in [4.78, 5) is 34.5. The van der Waals surface area contributed by atoms with E-state index in [4.69, 9.17) is 16.7 Å². The van der Waals surface area contributed by atoms with Crippen molar-refractivity contribution in [1.82, 2.24) is 0 Å². The molecule has 1 aromatic carbocycles. The Morgan fingerprint density at radius 1 is 1.19 bits per heavy atom. The second kappa shape index (κ2) is 6.90. The first-order chi connectivity index (χ1) is 9.77. The van der Waals surface area contributed by atoms with Crippen LogP contribution in [0.2, 0.25) is 5.02 Å². The van der Waals surface area contributed by atoms with Crippen molar-refractivity contribution in [2.75, 3.05) is 12.4 Å². The first-order valence-electron chi connectivity index (χ1n) is 5.88. The predicted octanol–water partition coefficient (Wildman–Crippen LogP) is 2.49. The molecular formula is C14H14ClNO5. The summed E-state index contributed by atoms with van der Waals surface area (Å²) in [7, 11) is 1.21. The number of rotatable bonds is 4. The lowest BCUT2D eigenvalue weighted by molar-refractivity contribution is -0.133. The van der Waals surface area contributed by atoms with Crippen molar-refractivity contribution in [3.63, 3.8) is 0 Å². The van der Waals surface area contributed by atoms with Crippen LogP contribution in [0, 0.1) is 0 Å². The van der Waals surface area contributed by atoms with Gasteiger partial charge in [0.2, 0.25) is 0 Å². The maximum absolute atomic E-state index is 12.0. The van der Waals surface area contributed by atoms with Crippen LogP contribution in [0.1, 0.15) is 24.2 Å². The minimum atomic E-state index is -1.19. The molecule has 21 heavy (non-hydrogen) atoms. The summed E-state index contributed by atoms with van der Waals surface area (Å²) >= 11 is 5.83. The molecular weight excluding hydrogens is 298 g/mol. The SMILES string of the molecule is COC(=O)c1ccc(Cl)cc1NC(=O)C(C)=C(C)C(=O)O. The molecule has 0 saturated carbocycles. The maximum Gasteiger partial charge on any atom is 0.339 e. The summed E-state index contributed by atoms with van der Waals surface area (Å²) in [5, 5.41) is 11.6. The van der Waals surface area contributed by atoms with E-state index in [2.05, 4.69) is 10.1 Å². The topological polar surface area (TPSA) is 92.7 Å². The number of carboxylic acids is 1. The number of halogens is 1. The molecule has 0 aliphatic carbocycles. The monoisotopic (exact) mass is 311 g/mol. The van der Waals surface area contributed by atoms with Crippen molar-refractivity contribution in [2.24, 2.45) is 0 Å². The van der Waals surface area contributed by atoms with Gasteiger partial charge in [0, 0.05) is 16.2 Å². The second-order valence-corrected chi connectivity index (χ2v) is 4.63. The highest BCUT2D eigenvalue weighted by Gasteiger charge is 2.17. The van der Waals surface area contributed by atoms with Crippen LogP contribution in [0.15, 0.2) is 29.3 Å². The number of hydrogen-bond donors (Lipinski definition) is 2. The number of benzene rings is 1. The van der Waals surface area contributed by atoms with Gasteiger partial charge in [0.15, 0.2) is 0 Å². The lowest BCUT2D eigenvalue weighted by Crippen LogP contribution is -2.18. The highest BCUT2D eigenvalue weighted by Crippen LogP contribution is 2.22. The van der Waals surface area contributed by atoms with Crippen molar-refractivity contribution in [3.8, 4) is 0 Å². The van der Waals surface area contributed by atoms with E-state index in [-0.39, 0.29) is 22.4 Å². The van der Waals surface area contributed by atoms with Crippen LogP contribution in [-0.2, 0) is 14.3 Å². The average Bonchev–Trinajstić information content (AvgIpc) is 2.44. The van der Waals surface area contributed by atoms with E-state index in [1.54, 1.807) is 0 Å². The highest BCUT2D eigenvalue weighted by molar-refractivity contribution is 6.31.